The van der Waals surface area contributed by atoms with Gasteiger partial charge < -0.3 is 29.3 Å². The van der Waals surface area contributed by atoms with E-state index in [0.717, 1.165) is 23.1 Å². The lowest BCUT2D eigenvalue weighted by atomic mass is 10.1. The monoisotopic (exact) mass is 576 g/mol. The van der Waals surface area contributed by atoms with E-state index in [-0.39, 0.29) is 43.0 Å². The second-order valence-corrected chi connectivity index (χ2v) is 8.91. The lowest BCUT2D eigenvalue weighted by Gasteiger charge is -2.32. The van der Waals surface area contributed by atoms with Crippen LogP contribution in [0.4, 0.5) is 17.6 Å². The number of carbonyl (C=O) groups is 2. The van der Waals surface area contributed by atoms with Crippen molar-refractivity contribution in [2.24, 2.45) is 4.99 Å². The molecule has 0 bridgehead atoms. The van der Waals surface area contributed by atoms with Gasteiger partial charge in [0.2, 0.25) is 6.41 Å². The van der Waals surface area contributed by atoms with Crippen molar-refractivity contribution in [1.29, 1.82) is 0 Å². The fourth-order valence-corrected chi connectivity index (χ4v) is 3.63. The number of hydrogen-bond acceptors (Lipinski definition) is 7. The molecule has 1 aliphatic carbocycles. The third-order valence-electron chi connectivity index (χ3n) is 5.38. The lowest BCUT2D eigenvalue weighted by Crippen LogP contribution is -2.42. The molecule has 0 aliphatic heterocycles. The zero-order chi connectivity index (χ0) is 29.2. The van der Waals surface area contributed by atoms with Gasteiger partial charge in [-0.15, -0.1) is 24.8 Å². The Balaban J connectivity index is 2.54. The van der Waals surface area contributed by atoms with E-state index >= 15 is 0 Å². The molecule has 0 saturated heterocycles. The highest BCUT2D eigenvalue weighted by atomic mass is 35.5. The number of halogens is 5. The predicted molar refractivity (Wildman–Crippen MR) is 137 cm³/mol. The van der Waals surface area contributed by atoms with Crippen LogP contribution in [0.2, 0.25) is 0 Å². The number of benzene rings is 1. The van der Waals surface area contributed by atoms with Crippen molar-refractivity contribution in [3.63, 3.8) is 0 Å². The van der Waals surface area contributed by atoms with Crippen molar-refractivity contribution in [3.05, 3.63) is 59.3 Å². The smallest absolute Gasteiger partial charge is 0.470 e. The minimum Gasteiger partial charge on any atom is -0.470 e. The minimum atomic E-state index is -5.01. The van der Waals surface area contributed by atoms with E-state index in [2.05, 4.69) is 16.4 Å². The molecule has 2 amide bonds. The molecule has 0 radical (unpaired) electrons. The third kappa shape index (κ3) is 9.59. The summed E-state index contributed by atoms with van der Waals surface area (Å²) >= 11 is 6.11. The fraction of sp³-hybridized carbons (Fsp3) is 0.400. The molecule has 0 heterocycles. The Hall–Kier alpha value is -3.58. The van der Waals surface area contributed by atoms with Gasteiger partial charge in [0.25, 0.3) is 5.91 Å². The van der Waals surface area contributed by atoms with Gasteiger partial charge in [0, 0.05) is 39.9 Å². The standard InChI is InChI=1S/C25H29ClF4N4O5/c1-31-23(33(3)15-36)22(24(37)32(2)11-4-12-35)34(14-17-5-7-18(26)8-6-17)16-38-21-13-19(9-10-20(21)27)39-25(28,29)30/h5-7,9-10,13,15,18,35H,1,4,8,11-12,14,16H2,2-3H3/b23-22+. The maximum Gasteiger partial charge on any atom is 0.573 e. The molecular weight excluding hydrogens is 548 g/mol. The highest BCUT2D eigenvalue weighted by molar-refractivity contribution is 6.22. The summed E-state index contributed by atoms with van der Waals surface area (Å²) in [5.74, 6) is -3.04. The summed E-state index contributed by atoms with van der Waals surface area (Å²) < 4.78 is 61.9. The van der Waals surface area contributed by atoms with Crippen LogP contribution in [0.3, 0.4) is 0 Å². The van der Waals surface area contributed by atoms with Crippen molar-refractivity contribution in [2.75, 3.05) is 40.5 Å². The molecule has 0 saturated carbocycles. The van der Waals surface area contributed by atoms with E-state index < -0.39 is 36.3 Å². The van der Waals surface area contributed by atoms with Crippen LogP contribution >= 0.6 is 11.6 Å². The second kappa shape index (κ2) is 14.5. The number of rotatable bonds is 14. The normalized spacial score (nSPS) is 15.6. The maximum atomic E-state index is 14.5. The molecule has 14 heteroatoms. The third-order valence-corrected chi connectivity index (χ3v) is 5.70. The Morgan fingerprint density at radius 2 is 2.05 bits per heavy atom. The van der Waals surface area contributed by atoms with Crippen LogP contribution in [0.1, 0.15) is 12.8 Å². The van der Waals surface area contributed by atoms with Crippen molar-refractivity contribution < 1.29 is 41.7 Å². The van der Waals surface area contributed by atoms with Gasteiger partial charge in [-0.2, -0.15) is 0 Å². The van der Waals surface area contributed by atoms with E-state index in [0.29, 0.717) is 18.4 Å². The summed E-state index contributed by atoms with van der Waals surface area (Å²) in [6.07, 6.45) is 1.40. The number of alkyl halides is 4. The van der Waals surface area contributed by atoms with Crippen molar-refractivity contribution in [3.8, 4) is 11.5 Å². The van der Waals surface area contributed by atoms with Gasteiger partial charge in [-0.25, -0.2) is 9.38 Å². The fourth-order valence-electron chi connectivity index (χ4n) is 3.47. The van der Waals surface area contributed by atoms with Gasteiger partial charge in [0.05, 0.1) is 5.38 Å². The van der Waals surface area contributed by atoms with Gasteiger partial charge in [-0.1, -0.05) is 18.2 Å². The Morgan fingerprint density at radius 3 is 2.62 bits per heavy atom. The average molecular weight is 577 g/mol. The topological polar surface area (TPSA) is 94.9 Å². The molecule has 2 rings (SSSR count). The van der Waals surface area contributed by atoms with Crippen LogP contribution in [0.25, 0.3) is 0 Å². The first-order chi connectivity index (χ1) is 18.4. The number of nitrogens with zero attached hydrogens (tertiary/aromatic N) is 4. The summed E-state index contributed by atoms with van der Waals surface area (Å²) in [7, 11) is 2.81. The van der Waals surface area contributed by atoms with Crippen LogP contribution in [0.15, 0.2) is 58.5 Å². The van der Waals surface area contributed by atoms with Crippen LogP contribution in [0, 0.1) is 5.82 Å². The number of allylic oxidation sites excluding steroid dienone is 2. The van der Waals surface area contributed by atoms with E-state index in [1.165, 1.54) is 23.9 Å². The summed E-state index contributed by atoms with van der Waals surface area (Å²) in [6, 6.07) is 2.26. The molecule has 1 aromatic rings. The number of ether oxygens (including phenoxy) is 2. The zero-order valence-electron chi connectivity index (χ0n) is 21.3. The van der Waals surface area contributed by atoms with Gasteiger partial charge in [-0.05, 0) is 37.3 Å². The summed E-state index contributed by atoms with van der Waals surface area (Å²) in [4.78, 5) is 32.6. The van der Waals surface area contributed by atoms with Crippen LogP contribution in [-0.4, -0.2) is 91.1 Å². The van der Waals surface area contributed by atoms with Crippen molar-refractivity contribution in [1.82, 2.24) is 14.7 Å². The first kappa shape index (κ1) is 31.6. The van der Waals surface area contributed by atoms with Gasteiger partial charge >= 0.3 is 6.36 Å². The second-order valence-electron chi connectivity index (χ2n) is 8.35. The average Bonchev–Trinajstić information content (AvgIpc) is 2.89. The summed E-state index contributed by atoms with van der Waals surface area (Å²) in [5.41, 5.74) is 0.524. The molecule has 1 atom stereocenters. The number of likely N-dealkylation sites (N-methyl/N-ethyl adjacent to an activating group) is 1. The molecule has 214 valence electrons. The van der Waals surface area contributed by atoms with Gasteiger partial charge in [-0.3, -0.25) is 9.59 Å². The van der Waals surface area contributed by atoms with Crippen LogP contribution in [-0.2, 0) is 9.59 Å². The highest BCUT2D eigenvalue weighted by Crippen LogP contribution is 2.29. The largest absolute Gasteiger partial charge is 0.573 e. The quantitative estimate of drug-likeness (QED) is 0.0907. The van der Waals surface area contributed by atoms with Crippen LogP contribution < -0.4 is 9.47 Å². The Labute approximate surface area is 228 Å². The summed E-state index contributed by atoms with van der Waals surface area (Å²) in [5, 5.41) is 8.95. The maximum absolute atomic E-state index is 14.5. The first-order valence-electron chi connectivity index (χ1n) is 11.6. The number of aliphatic hydroxyl groups excluding tert-OH is 1. The van der Waals surface area contributed by atoms with Crippen LogP contribution in [0.5, 0.6) is 11.5 Å². The number of carbonyl (C=O) groups excluding carboxylic acids is 2. The molecule has 1 unspecified atom stereocenters. The number of amides is 2. The number of aliphatic hydroxyl groups is 1. The molecule has 0 fully saturated rings. The summed E-state index contributed by atoms with van der Waals surface area (Å²) in [6.45, 7) is 2.85. The first-order valence-corrected chi connectivity index (χ1v) is 12.0. The molecule has 1 aromatic carbocycles. The predicted octanol–water partition coefficient (Wildman–Crippen LogP) is 3.66. The molecule has 0 aromatic heterocycles. The SMILES string of the molecule is C=N/C(=C(/C(=O)N(C)CCCO)N(COc1cc(OC(F)(F)F)ccc1F)CC1=CCC(Cl)C=C1)N(C)C=O. The van der Waals surface area contributed by atoms with E-state index in [4.69, 9.17) is 16.3 Å². The van der Waals surface area contributed by atoms with Crippen molar-refractivity contribution >= 4 is 30.6 Å². The molecule has 1 N–H and O–H groups in total. The minimum absolute atomic E-state index is 0.0128. The van der Waals surface area contributed by atoms with Gasteiger partial charge in [0.15, 0.2) is 24.1 Å². The molecule has 1 aliphatic rings. The van der Waals surface area contributed by atoms with Crippen molar-refractivity contribution in [2.45, 2.75) is 24.6 Å². The Morgan fingerprint density at radius 1 is 1.33 bits per heavy atom. The molecule has 9 nitrogen and oxygen atoms in total. The molecule has 0 spiro atoms. The van der Waals surface area contributed by atoms with E-state index in [1.807, 2.05) is 6.08 Å². The van der Waals surface area contributed by atoms with E-state index in [1.54, 1.807) is 12.2 Å². The zero-order valence-corrected chi connectivity index (χ0v) is 22.1. The Kier molecular flexibility index (Phi) is 11.8. The molecular formula is C25H29ClF4N4O5. The molecule has 39 heavy (non-hydrogen) atoms. The number of hydrogen-bond donors (Lipinski definition) is 1. The highest BCUT2D eigenvalue weighted by Gasteiger charge is 2.32. The number of aliphatic imine (C=N–C) groups is 1. The van der Waals surface area contributed by atoms with E-state index in [9.17, 15) is 32.3 Å². The lowest BCUT2D eigenvalue weighted by molar-refractivity contribution is -0.274. The van der Waals surface area contributed by atoms with Gasteiger partial charge in [0.1, 0.15) is 11.4 Å². The Bertz CT molecular complexity index is 1130.